The lowest BCUT2D eigenvalue weighted by Crippen LogP contribution is -2.11. The quantitative estimate of drug-likeness (QED) is 0.212. The van der Waals surface area contributed by atoms with Crippen molar-refractivity contribution in [3.63, 3.8) is 0 Å². The Balaban J connectivity index is 2.76. The van der Waals surface area contributed by atoms with Gasteiger partial charge in [-0.05, 0) is 6.42 Å². The van der Waals surface area contributed by atoms with Crippen LogP contribution in [0.2, 0.25) is 0 Å². The number of nitrogens with one attached hydrogen (secondary N) is 1. The predicted molar refractivity (Wildman–Crippen MR) is 58.8 cm³/mol. The van der Waals surface area contributed by atoms with Crippen LogP contribution in [0.3, 0.4) is 0 Å². The largest absolute Gasteiger partial charge is 0.490 e. The molecule has 1 rings (SSSR count). The molecule has 0 aliphatic heterocycles. The summed E-state index contributed by atoms with van der Waals surface area (Å²) < 4.78 is 5.15. The Morgan fingerprint density at radius 3 is 3.00 bits per heavy atom. The van der Waals surface area contributed by atoms with Crippen molar-refractivity contribution in [2.24, 2.45) is 5.84 Å². The molecule has 15 heavy (non-hydrogen) atoms. The first-order valence-corrected chi connectivity index (χ1v) is 5.41. The summed E-state index contributed by atoms with van der Waals surface area (Å²) >= 11 is 1.49. The van der Waals surface area contributed by atoms with Crippen LogP contribution in [0.4, 0.5) is 5.82 Å². The average Bonchev–Trinajstić information content (AvgIpc) is 2.29. The molecule has 0 unspecified atom stereocenters. The van der Waals surface area contributed by atoms with Crippen molar-refractivity contribution in [2.45, 2.75) is 11.4 Å². The summed E-state index contributed by atoms with van der Waals surface area (Å²) in [6, 6.07) is 0. The zero-order valence-electron chi connectivity index (χ0n) is 8.43. The van der Waals surface area contributed by atoms with E-state index in [-0.39, 0.29) is 6.61 Å². The second-order valence-electron chi connectivity index (χ2n) is 2.63. The van der Waals surface area contributed by atoms with Gasteiger partial charge in [0.25, 0.3) is 0 Å². The number of hydrazine groups is 1. The molecule has 4 N–H and O–H groups in total. The molecule has 0 spiro atoms. The number of aliphatic hydroxyl groups excluding tert-OH is 1. The Hall–Kier alpha value is -1.05. The molecule has 1 aromatic rings. The van der Waals surface area contributed by atoms with E-state index in [1.807, 2.05) is 0 Å². The zero-order chi connectivity index (χ0) is 11.1. The van der Waals surface area contributed by atoms with Crippen LogP contribution in [-0.4, -0.2) is 34.5 Å². The molecule has 0 amide bonds. The monoisotopic (exact) mass is 230 g/mol. The van der Waals surface area contributed by atoms with E-state index in [0.717, 1.165) is 5.75 Å². The van der Waals surface area contributed by atoms with E-state index in [1.54, 1.807) is 0 Å². The van der Waals surface area contributed by atoms with E-state index in [2.05, 4.69) is 15.4 Å². The van der Waals surface area contributed by atoms with Crippen LogP contribution in [0.5, 0.6) is 5.75 Å². The highest BCUT2D eigenvalue weighted by Gasteiger charge is 2.10. The van der Waals surface area contributed by atoms with Gasteiger partial charge in [-0.1, -0.05) is 0 Å². The molecule has 0 aliphatic rings. The third-order valence-electron chi connectivity index (χ3n) is 1.65. The molecule has 0 atom stereocenters. The minimum absolute atomic E-state index is 0.169. The molecular formula is C8H14N4O2S. The van der Waals surface area contributed by atoms with Gasteiger partial charge in [0.05, 0.1) is 7.11 Å². The summed E-state index contributed by atoms with van der Waals surface area (Å²) in [6.45, 7) is 0.169. The van der Waals surface area contributed by atoms with Crippen molar-refractivity contribution < 1.29 is 9.84 Å². The van der Waals surface area contributed by atoms with Crippen LogP contribution in [0, 0.1) is 0 Å². The number of ether oxygens (including phenoxy) is 1. The van der Waals surface area contributed by atoms with Gasteiger partial charge in [0.1, 0.15) is 11.4 Å². The number of hydrogen-bond donors (Lipinski definition) is 3. The highest BCUT2D eigenvalue weighted by atomic mass is 32.2. The van der Waals surface area contributed by atoms with E-state index in [4.69, 9.17) is 15.7 Å². The fourth-order valence-electron chi connectivity index (χ4n) is 0.981. The first kappa shape index (κ1) is 12.0. The summed E-state index contributed by atoms with van der Waals surface area (Å²) in [5, 5.41) is 9.38. The molecule has 1 heterocycles. The maximum atomic E-state index is 8.66. The molecule has 0 radical (unpaired) electrons. The SMILES string of the molecule is COc1c(NN)ncnc1SCCCO. The smallest absolute Gasteiger partial charge is 0.195 e. The lowest BCUT2D eigenvalue weighted by Gasteiger charge is -2.09. The third-order valence-corrected chi connectivity index (χ3v) is 2.71. The average molecular weight is 230 g/mol. The first-order chi connectivity index (χ1) is 7.33. The van der Waals surface area contributed by atoms with Crippen LogP contribution < -0.4 is 16.0 Å². The second-order valence-corrected chi connectivity index (χ2v) is 3.71. The standard InChI is InChI=1S/C8H14N4O2S/c1-14-6-7(12-9)10-5-11-8(6)15-4-2-3-13/h5,13H,2-4,9H2,1H3,(H,10,11,12). The van der Waals surface area contributed by atoms with Crippen LogP contribution in [0.25, 0.3) is 0 Å². The summed E-state index contributed by atoms with van der Waals surface area (Å²) in [5.41, 5.74) is 2.44. The van der Waals surface area contributed by atoms with Gasteiger partial charge in [-0.3, -0.25) is 0 Å². The maximum Gasteiger partial charge on any atom is 0.195 e. The number of nitrogens with two attached hydrogens (primary N) is 1. The van der Waals surface area contributed by atoms with Gasteiger partial charge in [-0.15, -0.1) is 11.8 Å². The van der Waals surface area contributed by atoms with Gasteiger partial charge >= 0.3 is 0 Å². The minimum atomic E-state index is 0.169. The Bertz CT molecular complexity index is 311. The fraction of sp³-hybridized carbons (Fsp3) is 0.500. The van der Waals surface area contributed by atoms with Crippen LogP contribution >= 0.6 is 11.8 Å². The highest BCUT2D eigenvalue weighted by Crippen LogP contribution is 2.31. The Morgan fingerprint density at radius 1 is 1.60 bits per heavy atom. The van der Waals surface area contributed by atoms with Crippen molar-refractivity contribution in [3.05, 3.63) is 6.33 Å². The molecule has 6 nitrogen and oxygen atoms in total. The number of aromatic nitrogens is 2. The van der Waals surface area contributed by atoms with E-state index in [9.17, 15) is 0 Å². The molecule has 0 bridgehead atoms. The van der Waals surface area contributed by atoms with Gasteiger partial charge in [-0.25, -0.2) is 15.8 Å². The van der Waals surface area contributed by atoms with Crippen LogP contribution in [-0.2, 0) is 0 Å². The van der Waals surface area contributed by atoms with Crippen molar-refractivity contribution in [1.82, 2.24) is 9.97 Å². The first-order valence-electron chi connectivity index (χ1n) is 4.42. The summed E-state index contributed by atoms with van der Waals surface area (Å²) in [4.78, 5) is 8.00. The van der Waals surface area contributed by atoms with Crippen molar-refractivity contribution in [2.75, 3.05) is 24.9 Å². The second kappa shape index (κ2) is 6.44. The zero-order valence-corrected chi connectivity index (χ0v) is 9.25. The number of nitrogens with zero attached hydrogens (tertiary/aromatic N) is 2. The van der Waals surface area contributed by atoms with E-state index in [0.29, 0.717) is 23.0 Å². The lowest BCUT2D eigenvalue weighted by molar-refractivity contribution is 0.296. The summed E-state index contributed by atoms with van der Waals surface area (Å²) in [6.07, 6.45) is 2.13. The van der Waals surface area contributed by atoms with Gasteiger partial charge in [0.15, 0.2) is 11.6 Å². The minimum Gasteiger partial charge on any atom is -0.490 e. The van der Waals surface area contributed by atoms with E-state index >= 15 is 0 Å². The molecular weight excluding hydrogens is 216 g/mol. The Kier molecular flexibility index (Phi) is 5.16. The molecule has 0 fully saturated rings. The Labute approximate surface area is 92.2 Å². The van der Waals surface area contributed by atoms with Crippen LogP contribution in [0.15, 0.2) is 11.4 Å². The number of methoxy groups -OCH3 is 1. The predicted octanol–water partition coefficient (Wildman–Crippen LogP) is 0.245. The molecule has 0 saturated heterocycles. The molecule has 84 valence electrons. The number of nitrogen functional groups attached to an aromatic ring is 1. The summed E-state index contributed by atoms with van der Waals surface area (Å²) in [5.74, 6) is 7.04. The van der Waals surface area contributed by atoms with Crippen LogP contribution in [0.1, 0.15) is 6.42 Å². The van der Waals surface area contributed by atoms with Crippen molar-refractivity contribution >= 4 is 17.6 Å². The molecule has 0 aromatic carbocycles. The lowest BCUT2D eigenvalue weighted by atomic mass is 10.5. The van der Waals surface area contributed by atoms with Crippen molar-refractivity contribution in [3.8, 4) is 5.75 Å². The van der Waals surface area contributed by atoms with Crippen molar-refractivity contribution in [1.29, 1.82) is 0 Å². The number of hydrogen-bond acceptors (Lipinski definition) is 7. The molecule has 7 heteroatoms. The third kappa shape index (κ3) is 3.22. The number of aliphatic hydroxyl groups is 1. The van der Waals surface area contributed by atoms with Gasteiger partial charge < -0.3 is 15.3 Å². The Morgan fingerprint density at radius 2 is 2.40 bits per heavy atom. The maximum absolute atomic E-state index is 8.66. The van der Waals surface area contributed by atoms with Gasteiger partial charge in [0.2, 0.25) is 0 Å². The highest BCUT2D eigenvalue weighted by molar-refractivity contribution is 7.99. The molecule has 1 aromatic heterocycles. The number of rotatable bonds is 6. The number of thioether (sulfide) groups is 1. The summed E-state index contributed by atoms with van der Waals surface area (Å²) in [7, 11) is 1.54. The van der Waals surface area contributed by atoms with Gasteiger partial charge in [0, 0.05) is 12.4 Å². The van der Waals surface area contributed by atoms with Gasteiger partial charge in [-0.2, -0.15) is 0 Å². The topological polar surface area (TPSA) is 93.3 Å². The molecule has 0 aliphatic carbocycles. The van der Waals surface area contributed by atoms with E-state index in [1.165, 1.54) is 25.2 Å². The number of anilines is 1. The molecule has 0 saturated carbocycles. The fourth-order valence-corrected chi connectivity index (χ4v) is 1.88. The normalized spacial score (nSPS) is 10.1. The van der Waals surface area contributed by atoms with E-state index < -0.39 is 0 Å².